The minimum atomic E-state index is -1.92. The molecule has 7 heteroatoms. The molecule has 0 aliphatic carbocycles. The number of ether oxygens (including phenoxy) is 4. The summed E-state index contributed by atoms with van der Waals surface area (Å²) in [7, 11) is 0. The van der Waals surface area contributed by atoms with Gasteiger partial charge in [-0.15, -0.1) is 0 Å². The van der Waals surface area contributed by atoms with Crippen molar-refractivity contribution in [3.63, 3.8) is 0 Å². The van der Waals surface area contributed by atoms with Crippen molar-refractivity contribution in [2.24, 2.45) is 0 Å². The molecule has 7 nitrogen and oxygen atoms in total. The lowest BCUT2D eigenvalue weighted by atomic mass is 10.1. The fourth-order valence-corrected chi connectivity index (χ4v) is 2.28. The number of aliphatic hydroxyl groups is 2. The summed E-state index contributed by atoms with van der Waals surface area (Å²) in [5.41, 5.74) is 0. The lowest BCUT2D eigenvalue weighted by molar-refractivity contribution is -0.313. The van der Waals surface area contributed by atoms with E-state index in [0.29, 0.717) is 6.42 Å². The number of fused-ring (bicyclic) bond motifs is 1. The van der Waals surface area contributed by atoms with Gasteiger partial charge in [-0.05, 0) is 20.3 Å². The quantitative estimate of drug-likeness (QED) is 0.692. The molecule has 0 radical (unpaired) electrons. The van der Waals surface area contributed by atoms with Crippen molar-refractivity contribution in [2.45, 2.75) is 63.7 Å². The zero-order valence-electron chi connectivity index (χ0n) is 11.3. The Bertz CT molecular complexity index is 356. The van der Waals surface area contributed by atoms with Gasteiger partial charge in [-0.2, -0.15) is 0 Å². The van der Waals surface area contributed by atoms with Gasteiger partial charge >= 0.3 is 5.97 Å². The van der Waals surface area contributed by atoms with Crippen LogP contribution in [0.4, 0.5) is 0 Å². The predicted molar refractivity (Wildman–Crippen MR) is 61.7 cm³/mol. The molecule has 0 aromatic heterocycles. The van der Waals surface area contributed by atoms with E-state index in [1.165, 1.54) is 0 Å². The maximum Gasteiger partial charge on any atom is 0.308 e. The summed E-state index contributed by atoms with van der Waals surface area (Å²) in [6, 6.07) is 0. The highest BCUT2D eigenvalue weighted by Crippen LogP contribution is 2.43. The van der Waals surface area contributed by atoms with Gasteiger partial charge in [-0.3, -0.25) is 4.79 Å². The number of esters is 1. The number of hydrogen-bond donors (Lipinski definition) is 2. The number of rotatable bonds is 4. The molecule has 2 saturated heterocycles. The zero-order chi connectivity index (χ0) is 14.3. The molecule has 0 bridgehead atoms. The Balaban J connectivity index is 2.12. The Hall–Kier alpha value is -0.730. The lowest BCUT2D eigenvalue weighted by Crippen LogP contribution is -2.46. The lowest BCUT2D eigenvalue weighted by Gasteiger charge is -2.28. The van der Waals surface area contributed by atoms with Crippen LogP contribution in [-0.2, 0) is 23.7 Å². The summed E-state index contributed by atoms with van der Waals surface area (Å²) >= 11 is 0. The van der Waals surface area contributed by atoms with Gasteiger partial charge in [-0.25, -0.2) is 0 Å². The van der Waals surface area contributed by atoms with Gasteiger partial charge < -0.3 is 29.2 Å². The number of carbonyl (C=O) groups excluding carboxylic acids is 1. The summed E-state index contributed by atoms with van der Waals surface area (Å²) in [6.45, 7) is 4.53. The fourth-order valence-electron chi connectivity index (χ4n) is 2.28. The highest BCUT2D eigenvalue weighted by atomic mass is 16.8. The summed E-state index contributed by atoms with van der Waals surface area (Å²) in [5.74, 6) is -3.30. The van der Waals surface area contributed by atoms with Crippen LogP contribution in [0.2, 0.25) is 0 Å². The minimum absolute atomic E-state index is 0.249. The smallest absolute Gasteiger partial charge is 0.308 e. The second-order valence-electron chi connectivity index (χ2n) is 5.25. The third-order valence-corrected chi connectivity index (χ3v) is 3.09. The SMILES string of the molecule is CCCC(=O)O[C@H]1O[C@@](O)(CO)[C@@H]2OC(C)(C)O[C@H]12. The molecule has 0 aromatic rings. The third kappa shape index (κ3) is 2.75. The van der Waals surface area contributed by atoms with E-state index in [1.807, 2.05) is 6.92 Å². The van der Waals surface area contributed by atoms with E-state index in [1.54, 1.807) is 13.8 Å². The van der Waals surface area contributed by atoms with Gasteiger partial charge in [0.2, 0.25) is 12.1 Å². The van der Waals surface area contributed by atoms with Crippen LogP contribution in [0, 0.1) is 0 Å². The van der Waals surface area contributed by atoms with Crippen LogP contribution in [0.15, 0.2) is 0 Å². The molecule has 2 aliphatic rings. The molecule has 19 heavy (non-hydrogen) atoms. The molecular formula is C12H20O7. The summed E-state index contributed by atoms with van der Waals surface area (Å²) in [6.07, 6.45) is -1.84. The molecular weight excluding hydrogens is 256 g/mol. The first-order valence-electron chi connectivity index (χ1n) is 6.37. The van der Waals surface area contributed by atoms with Crippen molar-refractivity contribution in [1.29, 1.82) is 0 Å². The predicted octanol–water partition coefficient (Wildman–Crippen LogP) is -0.113. The van der Waals surface area contributed by atoms with Crippen LogP contribution in [0.3, 0.4) is 0 Å². The molecule has 2 heterocycles. The fraction of sp³-hybridized carbons (Fsp3) is 0.917. The van der Waals surface area contributed by atoms with Gasteiger partial charge in [0.25, 0.3) is 0 Å². The highest BCUT2D eigenvalue weighted by molar-refractivity contribution is 5.69. The van der Waals surface area contributed by atoms with Gasteiger partial charge in [0.05, 0.1) is 6.61 Å². The van der Waals surface area contributed by atoms with E-state index in [0.717, 1.165) is 0 Å². The summed E-state index contributed by atoms with van der Waals surface area (Å²) in [5, 5.41) is 19.4. The van der Waals surface area contributed by atoms with Gasteiger partial charge in [-0.1, -0.05) is 6.92 Å². The van der Waals surface area contributed by atoms with Crippen molar-refractivity contribution in [3.8, 4) is 0 Å². The Morgan fingerprint density at radius 2 is 2.00 bits per heavy atom. The van der Waals surface area contributed by atoms with Gasteiger partial charge in [0.15, 0.2) is 11.9 Å². The van der Waals surface area contributed by atoms with Crippen LogP contribution < -0.4 is 0 Å². The van der Waals surface area contributed by atoms with Crippen LogP contribution in [0.1, 0.15) is 33.6 Å². The van der Waals surface area contributed by atoms with Crippen molar-refractivity contribution >= 4 is 5.97 Å². The second kappa shape index (κ2) is 4.99. The Morgan fingerprint density at radius 1 is 1.32 bits per heavy atom. The molecule has 0 spiro atoms. The Morgan fingerprint density at radius 3 is 2.58 bits per heavy atom. The molecule has 0 amide bonds. The summed E-state index contributed by atoms with van der Waals surface area (Å²) in [4.78, 5) is 11.5. The van der Waals surface area contributed by atoms with Crippen molar-refractivity contribution in [1.82, 2.24) is 0 Å². The number of hydrogen-bond acceptors (Lipinski definition) is 7. The average molecular weight is 276 g/mol. The molecule has 2 aliphatic heterocycles. The number of aliphatic hydroxyl groups excluding tert-OH is 1. The Kier molecular flexibility index (Phi) is 3.85. The average Bonchev–Trinajstić information content (AvgIpc) is 2.75. The van der Waals surface area contributed by atoms with Crippen molar-refractivity contribution in [2.75, 3.05) is 6.61 Å². The third-order valence-electron chi connectivity index (χ3n) is 3.09. The first-order valence-corrected chi connectivity index (χ1v) is 6.37. The van der Waals surface area contributed by atoms with E-state index < -0.39 is 42.6 Å². The van der Waals surface area contributed by atoms with E-state index in [2.05, 4.69) is 0 Å². The normalized spacial score (nSPS) is 40.2. The molecule has 2 N–H and O–H groups in total. The molecule has 2 fully saturated rings. The monoisotopic (exact) mass is 276 g/mol. The summed E-state index contributed by atoms with van der Waals surface area (Å²) < 4.78 is 21.4. The van der Waals surface area contributed by atoms with Crippen molar-refractivity contribution in [3.05, 3.63) is 0 Å². The highest BCUT2D eigenvalue weighted by Gasteiger charge is 2.63. The maximum absolute atomic E-state index is 11.5. The van der Waals surface area contributed by atoms with E-state index in [9.17, 15) is 15.0 Å². The Labute approximate surface area is 111 Å². The molecule has 0 aromatic carbocycles. The van der Waals surface area contributed by atoms with E-state index in [-0.39, 0.29) is 6.42 Å². The van der Waals surface area contributed by atoms with Crippen LogP contribution in [0.5, 0.6) is 0 Å². The zero-order valence-corrected chi connectivity index (χ0v) is 11.3. The van der Waals surface area contributed by atoms with Crippen molar-refractivity contribution < 1.29 is 34.0 Å². The van der Waals surface area contributed by atoms with E-state index >= 15 is 0 Å². The van der Waals surface area contributed by atoms with Crippen LogP contribution in [0.25, 0.3) is 0 Å². The topological polar surface area (TPSA) is 94.5 Å². The van der Waals surface area contributed by atoms with Gasteiger partial charge in [0.1, 0.15) is 6.10 Å². The first-order chi connectivity index (χ1) is 8.81. The minimum Gasteiger partial charge on any atom is -0.433 e. The first kappa shape index (κ1) is 14.7. The van der Waals surface area contributed by atoms with Crippen LogP contribution in [-0.4, -0.2) is 52.9 Å². The number of carbonyl (C=O) groups is 1. The largest absolute Gasteiger partial charge is 0.433 e. The molecule has 0 saturated carbocycles. The molecule has 4 atom stereocenters. The van der Waals surface area contributed by atoms with Crippen LogP contribution >= 0.6 is 0 Å². The molecule has 110 valence electrons. The standard InChI is InChI=1S/C12H20O7/c1-4-5-7(14)16-10-8-9(12(15,6-13)19-10)18-11(2,3)17-8/h8-10,13,15H,4-6H2,1-3H3/t8-,9+,10-,12-/m0/s1. The molecule has 0 unspecified atom stereocenters. The second-order valence-corrected chi connectivity index (χ2v) is 5.25. The van der Waals surface area contributed by atoms with E-state index in [4.69, 9.17) is 18.9 Å². The molecule has 2 rings (SSSR count). The maximum atomic E-state index is 11.5. The van der Waals surface area contributed by atoms with Gasteiger partial charge in [0, 0.05) is 6.42 Å².